The molecule has 0 saturated heterocycles. The maximum atomic E-state index is 4.56. The summed E-state index contributed by atoms with van der Waals surface area (Å²) in [6, 6.07) is 0. The van der Waals surface area contributed by atoms with Crippen LogP contribution in [0.4, 0.5) is 5.95 Å². The van der Waals surface area contributed by atoms with Crippen molar-refractivity contribution in [3.63, 3.8) is 0 Å². The number of tetrazole rings is 1. The molecular formula is C11H15BrN6. The lowest BCUT2D eigenvalue weighted by atomic mass is 9.55. The summed E-state index contributed by atoms with van der Waals surface area (Å²) in [7, 11) is 0. The molecule has 5 rings (SSSR count). The van der Waals surface area contributed by atoms with Gasteiger partial charge in [-0.1, -0.05) is 21.0 Å². The van der Waals surface area contributed by atoms with Gasteiger partial charge in [-0.05, 0) is 43.2 Å². The molecule has 0 amide bonds. The van der Waals surface area contributed by atoms with Crippen molar-refractivity contribution in [3.8, 4) is 0 Å². The van der Waals surface area contributed by atoms with Crippen LogP contribution in [0.2, 0.25) is 0 Å². The number of alkyl halides is 1. The van der Waals surface area contributed by atoms with E-state index in [2.05, 4.69) is 47.1 Å². The molecule has 4 aliphatic rings. The van der Waals surface area contributed by atoms with Crippen molar-refractivity contribution in [2.24, 2.45) is 22.9 Å². The van der Waals surface area contributed by atoms with Crippen LogP contribution in [0.15, 0.2) is 5.10 Å². The van der Waals surface area contributed by atoms with E-state index in [1.807, 2.05) is 0 Å². The zero-order valence-corrected chi connectivity index (χ0v) is 11.5. The van der Waals surface area contributed by atoms with Gasteiger partial charge in [0.25, 0.3) is 5.95 Å². The van der Waals surface area contributed by atoms with Gasteiger partial charge in [0.15, 0.2) is 0 Å². The Labute approximate surface area is 113 Å². The van der Waals surface area contributed by atoms with Crippen molar-refractivity contribution in [2.75, 3.05) is 5.43 Å². The first-order valence-corrected chi connectivity index (χ1v) is 7.27. The van der Waals surface area contributed by atoms with Crippen LogP contribution in [0, 0.1) is 17.8 Å². The first-order valence-electron chi connectivity index (χ1n) is 6.48. The van der Waals surface area contributed by atoms with E-state index in [1.54, 1.807) is 0 Å². The quantitative estimate of drug-likeness (QED) is 0.646. The monoisotopic (exact) mass is 310 g/mol. The fourth-order valence-electron chi connectivity index (χ4n) is 4.18. The lowest BCUT2D eigenvalue weighted by Gasteiger charge is -2.54. The summed E-state index contributed by atoms with van der Waals surface area (Å²) >= 11 is 3.96. The molecule has 6 nitrogen and oxygen atoms in total. The molecule has 18 heavy (non-hydrogen) atoms. The Bertz CT molecular complexity index is 466. The summed E-state index contributed by atoms with van der Waals surface area (Å²) in [6.07, 6.45) is 6.41. The molecular weight excluding hydrogens is 296 g/mol. The number of H-pyrrole nitrogens is 1. The van der Waals surface area contributed by atoms with Crippen LogP contribution in [0.25, 0.3) is 0 Å². The lowest BCUT2D eigenvalue weighted by molar-refractivity contribution is 0.135. The number of aromatic amines is 1. The molecule has 1 aromatic heterocycles. The Balaban J connectivity index is 1.58. The molecule has 1 aromatic rings. The standard InChI is InChI=1S/C11H15BrN6/c12-11-3-6-1-7(4-11)9(8(2-6)5-11)13-14-10-15-17-18-16-10/h6-8H,1-5H2,(H2,14,15,16,17,18)/t6?,7-,8-,11?/m1/s1. The van der Waals surface area contributed by atoms with Crippen LogP contribution in [0.5, 0.6) is 0 Å². The Morgan fingerprint density at radius 1 is 1.28 bits per heavy atom. The second kappa shape index (κ2) is 3.76. The van der Waals surface area contributed by atoms with E-state index in [-0.39, 0.29) is 0 Å². The maximum absolute atomic E-state index is 4.56. The van der Waals surface area contributed by atoms with E-state index in [4.69, 9.17) is 0 Å². The second-order valence-corrected chi connectivity index (χ2v) is 7.56. The van der Waals surface area contributed by atoms with Gasteiger partial charge in [0.2, 0.25) is 0 Å². The molecule has 2 atom stereocenters. The molecule has 96 valence electrons. The van der Waals surface area contributed by atoms with E-state index >= 15 is 0 Å². The van der Waals surface area contributed by atoms with Gasteiger partial charge in [-0.25, -0.2) is 5.43 Å². The lowest BCUT2D eigenvalue weighted by Crippen LogP contribution is -2.52. The third-order valence-electron chi connectivity index (χ3n) is 4.58. The van der Waals surface area contributed by atoms with E-state index in [9.17, 15) is 0 Å². The Hall–Kier alpha value is -0.980. The first-order chi connectivity index (χ1) is 8.72. The summed E-state index contributed by atoms with van der Waals surface area (Å²) in [5.41, 5.74) is 4.25. The molecule has 4 saturated carbocycles. The van der Waals surface area contributed by atoms with Crippen molar-refractivity contribution >= 4 is 27.6 Å². The summed E-state index contributed by atoms with van der Waals surface area (Å²) in [5, 5.41) is 18.2. The molecule has 0 unspecified atom stereocenters. The Morgan fingerprint density at radius 3 is 2.67 bits per heavy atom. The van der Waals surface area contributed by atoms with Crippen LogP contribution in [0.3, 0.4) is 0 Å². The largest absolute Gasteiger partial charge is 0.283 e. The molecule has 7 heteroatoms. The second-order valence-electron chi connectivity index (χ2n) is 5.88. The molecule has 1 heterocycles. The molecule has 0 spiro atoms. The minimum Gasteiger partial charge on any atom is -0.243 e. The van der Waals surface area contributed by atoms with Gasteiger partial charge in [0.1, 0.15) is 0 Å². The van der Waals surface area contributed by atoms with Crippen molar-refractivity contribution in [3.05, 3.63) is 0 Å². The highest BCUT2D eigenvalue weighted by Gasteiger charge is 2.52. The predicted octanol–water partition coefficient (Wildman–Crippen LogP) is 1.94. The third kappa shape index (κ3) is 1.67. The van der Waals surface area contributed by atoms with Crippen molar-refractivity contribution in [1.29, 1.82) is 0 Å². The average molecular weight is 311 g/mol. The fourth-order valence-corrected chi connectivity index (χ4v) is 5.41. The van der Waals surface area contributed by atoms with Crippen LogP contribution < -0.4 is 5.43 Å². The molecule has 0 aromatic carbocycles. The Morgan fingerprint density at radius 2 is 2.06 bits per heavy atom. The van der Waals surface area contributed by atoms with Crippen molar-refractivity contribution < 1.29 is 0 Å². The van der Waals surface area contributed by atoms with Crippen molar-refractivity contribution in [2.45, 2.75) is 36.4 Å². The molecule has 0 radical (unpaired) electrons. The third-order valence-corrected chi connectivity index (χ3v) is 5.55. The van der Waals surface area contributed by atoms with Crippen LogP contribution in [-0.4, -0.2) is 30.7 Å². The summed E-state index contributed by atoms with van der Waals surface area (Å²) in [4.78, 5) is 0. The van der Waals surface area contributed by atoms with E-state index in [1.165, 1.54) is 37.8 Å². The van der Waals surface area contributed by atoms with Gasteiger partial charge < -0.3 is 0 Å². The van der Waals surface area contributed by atoms with Gasteiger partial charge in [-0.3, -0.25) is 0 Å². The maximum Gasteiger partial charge on any atom is 0.283 e. The fraction of sp³-hybridized carbons (Fsp3) is 0.818. The topological polar surface area (TPSA) is 78.9 Å². The minimum atomic E-state index is 0.397. The zero-order chi connectivity index (χ0) is 12.2. The summed E-state index contributed by atoms with van der Waals surface area (Å²) in [6.45, 7) is 0. The van der Waals surface area contributed by atoms with E-state index in [0.717, 1.165) is 5.92 Å². The van der Waals surface area contributed by atoms with Gasteiger partial charge in [0, 0.05) is 21.9 Å². The van der Waals surface area contributed by atoms with Gasteiger partial charge in [-0.15, -0.1) is 5.10 Å². The van der Waals surface area contributed by atoms with Crippen LogP contribution in [-0.2, 0) is 0 Å². The smallest absolute Gasteiger partial charge is 0.243 e. The number of nitrogens with zero attached hydrogens (tertiary/aromatic N) is 4. The average Bonchev–Trinajstić information content (AvgIpc) is 2.78. The highest BCUT2D eigenvalue weighted by molar-refractivity contribution is 9.10. The SMILES string of the molecule is BrC12CC3C[C@H](C1)C(=NNc1nn[nH]n1)[C@H](C3)C2. The normalized spacial score (nSPS) is 41.2. The summed E-state index contributed by atoms with van der Waals surface area (Å²) in [5.74, 6) is 2.61. The number of nitrogens with one attached hydrogen (secondary N) is 2. The number of hydrogen-bond acceptors (Lipinski definition) is 5. The van der Waals surface area contributed by atoms with Crippen LogP contribution in [0.1, 0.15) is 32.1 Å². The summed E-state index contributed by atoms with van der Waals surface area (Å²) < 4.78 is 0.397. The Kier molecular flexibility index (Phi) is 2.27. The van der Waals surface area contributed by atoms with E-state index < -0.39 is 0 Å². The zero-order valence-electron chi connectivity index (χ0n) is 9.93. The number of anilines is 1. The molecule has 4 aliphatic carbocycles. The highest BCUT2D eigenvalue weighted by atomic mass is 79.9. The van der Waals surface area contributed by atoms with Gasteiger partial charge in [0.05, 0.1) is 0 Å². The molecule has 2 N–H and O–H groups in total. The van der Waals surface area contributed by atoms with Gasteiger partial charge in [-0.2, -0.15) is 10.3 Å². The van der Waals surface area contributed by atoms with E-state index in [0.29, 0.717) is 22.1 Å². The number of aromatic nitrogens is 4. The number of halogens is 1. The minimum absolute atomic E-state index is 0.397. The highest BCUT2D eigenvalue weighted by Crippen LogP contribution is 2.57. The number of hydrogen-bond donors (Lipinski definition) is 2. The first kappa shape index (κ1) is 10.9. The predicted molar refractivity (Wildman–Crippen MR) is 70.4 cm³/mol. The van der Waals surface area contributed by atoms with Crippen molar-refractivity contribution in [1.82, 2.24) is 20.6 Å². The molecule has 4 fully saturated rings. The number of hydrazone groups is 1. The molecule has 0 aliphatic heterocycles. The van der Waals surface area contributed by atoms with Gasteiger partial charge >= 0.3 is 0 Å². The van der Waals surface area contributed by atoms with Crippen LogP contribution >= 0.6 is 15.9 Å². The molecule has 4 bridgehead atoms. The number of rotatable bonds is 2.